The van der Waals surface area contributed by atoms with Crippen LogP contribution in [0.25, 0.3) is 0 Å². The fraction of sp³-hybridized carbons (Fsp3) is 0.700. The van der Waals surface area contributed by atoms with Gasteiger partial charge in [0.1, 0.15) is 5.75 Å². The first kappa shape index (κ1) is 20.4. The minimum absolute atomic E-state index is 0.115. The molecule has 1 aromatic rings. The summed E-state index contributed by atoms with van der Waals surface area (Å²) in [5.41, 5.74) is 1.13. The van der Waals surface area contributed by atoms with Crippen LogP contribution in [-0.4, -0.2) is 38.8 Å². The Balaban J connectivity index is 1.90. The Hall–Kier alpha value is -0.883. The zero-order chi connectivity index (χ0) is 18.7. The normalized spacial score (nSPS) is 25.0. The summed E-state index contributed by atoms with van der Waals surface area (Å²) in [5.74, 6) is 0.854. The summed E-state index contributed by atoms with van der Waals surface area (Å²) in [6.07, 6.45) is 2.04. The van der Waals surface area contributed by atoms with Gasteiger partial charge in [-0.05, 0) is 48.7 Å². The van der Waals surface area contributed by atoms with Crippen molar-refractivity contribution in [2.45, 2.75) is 83.1 Å². The molecule has 0 unspecified atom stereocenters. The van der Waals surface area contributed by atoms with Crippen molar-refractivity contribution in [3.63, 3.8) is 0 Å². The van der Waals surface area contributed by atoms with Gasteiger partial charge in [0.05, 0.1) is 32.0 Å². The molecule has 1 aliphatic carbocycles. The zero-order valence-corrected chi connectivity index (χ0v) is 17.5. The minimum Gasteiger partial charge on any atom is -0.497 e. The highest BCUT2D eigenvalue weighted by Crippen LogP contribution is 2.39. The number of rotatable bonds is 6. The molecule has 0 saturated heterocycles. The molecule has 2 rings (SSSR count). The Morgan fingerprint density at radius 3 is 2.32 bits per heavy atom. The van der Waals surface area contributed by atoms with Crippen molar-refractivity contribution in [3.8, 4) is 5.75 Å². The van der Waals surface area contributed by atoms with Crippen molar-refractivity contribution in [1.82, 2.24) is 0 Å². The van der Waals surface area contributed by atoms with Crippen LogP contribution in [0.3, 0.4) is 0 Å². The number of ether oxygens (including phenoxy) is 2. The largest absolute Gasteiger partial charge is 0.497 e. The fourth-order valence-electron chi connectivity index (χ4n) is 2.85. The maximum absolute atomic E-state index is 10.4. The molecular weight excluding hydrogens is 332 g/mol. The third-order valence-electron chi connectivity index (χ3n) is 5.61. The van der Waals surface area contributed by atoms with Crippen LogP contribution in [0.4, 0.5) is 0 Å². The van der Waals surface area contributed by atoms with Crippen LogP contribution in [0.1, 0.15) is 45.6 Å². The van der Waals surface area contributed by atoms with Gasteiger partial charge in [-0.1, -0.05) is 32.9 Å². The van der Waals surface area contributed by atoms with Gasteiger partial charge in [0.25, 0.3) is 0 Å². The van der Waals surface area contributed by atoms with Crippen LogP contribution >= 0.6 is 0 Å². The van der Waals surface area contributed by atoms with E-state index in [1.807, 2.05) is 24.3 Å². The highest BCUT2D eigenvalue weighted by molar-refractivity contribution is 6.74. The summed E-state index contributed by atoms with van der Waals surface area (Å²) in [6.45, 7) is 11.7. The maximum Gasteiger partial charge on any atom is 0.192 e. The topological polar surface area (TPSA) is 47.9 Å². The lowest BCUT2D eigenvalue weighted by Gasteiger charge is -2.43. The molecular formula is C20H34O4Si. The number of hydrogen-bond donors (Lipinski definition) is 1. The van der Waals surface area contributed by atoms with Crippen LogP contribution in [0.15, 0.2) is 24.3 Å². The first-order valence-electron chi connectivity index (χ1n) is 9.23. The first-order valence-corrected chi connectivity index (χ1v) is 12.1. The standard InChI is InChI=1S/C20H34O4Si/c1-20(2,3)25(5,6)24-19-13-17(11-12-18(19)21)23-14-15-7-9-16(22-4)10-8-15/h7-10,17-19,21H,11-14H2,1-6H3/t17-,18+,19+/m1/s1. The van der Waals surface area contributed by atoms with Gasteiger partial charge >= 0.3 is 0 Å². The van der Waals surface area contributed by atoms with Crippen LogP contribution < -0.4 is 4.74 Å². The molecule has 1 saturated carbocycles. The lowest BCUT2D eigenvalue weighted by Crippen LogP contribution is -2.49. The predicted octanol–water partition coefficient (Wildman–Crippen LogP) is 4.52. The molecule has 0 bridgehead atoms. The quantitative estimate of drug-likeness (QED) is 0.752. The van der Waals surface area contributed by atoms with E-state index in [-0.39, 0.29) is 23.4 Å². The molecule has 1 aliphatic rings. The van der Waals surface area contributed by atoms with Crippen molar-refractivity contribution in [2.75, 3.05) is 7.11 Å². The Morgan fingerprint density at radius 1 is 1.12 bits per heavy atom. The molecule has 0 spiro atoms. The van der Waals surface area contributed by atoms with Crippen molar-refractivity contribution in [2.24, 2.45) is 0 Å². The van der Waals surface area contributed by atoms with Gasteiger partial charge in [-0.2, -0.15) is 0 Å². The second-order valence-electron chi connectivity index (χ2n) is 8.58. The van der Waals surface area contributed by atoms with E-state index in [2.05, 4.69) is 33.9 Å². The van der Waals surface area contributed by atoms with Gasteiger partial charge in [-0.3, -0.25) is 0 Å². The molecule has 142 valence electrons. The van der Waals surface area contributed by atoms with E-state index in [0.717, 1.165) is 30.6 Å². The maximum atomic E-state index is 10.4. The number of hydrogen-bond acceptors (Lipinski definition) is 4. The van der Waals surface area contributed by atoms with Gasteiger partial charge in [0, 0.05) is 6.42 Å². The van der Waals surface area contributed by atoms with Gasteiger partial charge in [0.2, 0.25) is 0 Å². The smallest absolute Gasteiger partial charge is 0.192 e. The van der Waals surface area contributed by atoms with E-state index in [1.54, 1.807) is 7.11 Å². The van der Waals surface area contributed by atoms with E-state index in [9.17, 15) is 5.11 Å². The van der Waals surface area contributed by atoms with E-state index < -0.39 is 8.32 Å². The van der Waals surface area contributed by atoms with E-state index in [4.69, 9.17) is 13.9 Å². The molecule has 5 heteroatoms. The molecule has 0 radical (unpaired) electrons. The summed E-state index contributed by atoms with van der Waals surface area (Å²) >= 11 is 0. The molecule has 3 atom stereocenters. The number of methoxy groups -OCH3 is 1. The van der Waals surface area contributed by atoms with Gasteiger partial charge in [-0.25, -0.2) is 0 Å². The number of aliphatic hydroxyl groups excluding tert-OH is 1. The molecule has 4 nitrogen and oxygen atoms in total. The second kappa shape index (κ2) is 8.21. The Kier molecular flexibility index (Phi) is 6.71. The molecule has 0 heterocycles. The number of aliphatic hydroxyl groups is 1. The molecule has 1 aromatic carbocycles. The summed E-state index contributed by atoms with van der Waals surface area (Å²) in [7, 11) is -0.223. The van der Waals surface area contributed by atoms with Gasteiger partial charge in [-0.15, -0.1) is 0 Å². The second-order valence-corrected chi connectivity index (χ2v) is 13.3. The van der Waals surface area contributed by atoms with E-state index in [1.165, 1.54) is 0 Å². The van der Waals surface area contributed by atoms with Crippen molar-refractivity contribution in [3.05, 3.63) is 29.8 Å². The van der Waals surface area contributed by atoms with E-state index >= 15 is 0 Å². The average Bonchev–Trinajstić information content (AvgIpc) is 2.55. The number of benzene rings is 1. The predicted molar refractivity (Wildman–Crippen MR) is 103 cm³/mol. The molecule has 0 amide bonds. The average molecular weight is 367 g/mol. The lowest BCUT2D eigenvalue weighted by molar-refractivity contribution is -0.0720. The summed E-state index contributed by atoms with van der Waals surface area (Å²) in [5, 5.41) is 10.5. The van der Waals surface area contributed by atoms with Gasteiger partial charge < -0.3 is 19.0 Å². The SMILES string of the molecule is COc1ccc(CO[C@@H]2CC[C@H](O)[C@@H](O[Si](C)(C)C(C)(C)C)C2)cc1. The minimum atomic E-state index is -1.89. The molecule has 0 aromatic heterocycles. The van der Waals surface area contributed by atoms with E-state index in [0.29, 0.717) is 6.61 Å². The highest BCUT2D eigenvalue weighted by atomic mass is 28.4. The van der Waals surface area contributed by atoms with Crippen LogP contribution in [0.2, 0.25) is 18.1 Å². The lowest BCUT2D eigenvalue weighted by atomic mass is 9.92. The van der Waals surface area contributed by atoms with Crippen LogP contribution in [0, 0.1) is 0 Å². The Morgan fingerprint density at radius 2 is 1.76 bits per heavy atom. The molecule has 25 heavy (non-hydrogen) atoms. The summed E-state index contributed by atoms with van der Waals surface area (Å²) in [6, 6.07) is 7.96. The summed E-state index contributed by atoms with van der Waals surface area (Å²) < 4.78 is 17.7. The van der Waals surface area contributed by atoms with Crippen molar-refractivity contribution >= 4 is 8.32 Å². The van der Waals surface area contributed by atoms with Gasteiger partial charge in [0.15, 0.2) is 8.32 Å². The van der Waals surface area contributed by atoms with Crippen molar-refractivity contribution < 1.29 is 19.0 Å². The van der Waals surface area contributed by atoms with Crippen LogP contribution in [-0.2, 0) is 15.8 Å². The first-order chi connectivity index (χ1) is 11.6. The van der Waals surface area contributed by atoms with Crippen LogP contribution in [0.5, 0.6) is 5.75 Å². The molecule has 1 fully saturated rings. The molecule has 0 aliphatic heterocycles. The van der Waals surface area contributed by atoms with Crippen molar-refractivity contribution in [1.29, 1.82) is 0 Å². The zero-order valence-electron chi connectivity index (χ0n) is 16.5. The third kappa shape index (κ3) is 5.54. The molecule has 1 N–H and O–H groups in total. The Bertz CT molecular complexity index is 536. The summed E-state index contributed by atoms with van der Waals surface area (Å²) in [4.78, 5) is 0. The monoisotopic (exact) mass is 366 g/mol. The Labute approximate surface area is 153 Å². The third-order valence-corrected chi connectivity index (χ3v) is 10.1. The fourth-order valence-corrected chi connectivity index (χ4v) is 4.21. The highest BCUT2D eigenvalue weighted by Gasteiger charge is 2.42.